The Morgan fingerprint density at radius 3 is 2.17 bits per heavy atom. The highest BCUT2D eigenvalue weighted by Crippen LogP contribution is 2.38. The number of rotatable bonds is 22. The van der Waals surface area contributed by atoms with Gasteiger partial charge >= 0.3 is 5.97 Å². The van der Waals surface area contributed by atoms with Gasteiger partial charge in [-0.15, -0.1) is 0 Å². The Hall–Kier alpha value is -8.34. The lowest BCUT2D eigenvalue weighted by Crippen LogP contribution is -2.54. The van der Waals surface area contributed by atoms with Gasteiger partial charge in [0.2, 0.25) is 17.7 Å². The number of Topliss-reactive ketones (excluding diaryl/α,β-unsaturated/α-hetero) is 1. The van der Waals surface area contributed by atoms with Gasteiger partial charge in [0.1, 0.15) is 36.3 Å². The number of likely N-dealkylation sites (tertiary alicyclic amines) is 1. The highest BCUT2D eigenvalue weighted by atomic mass is 16.5. The summed E-state index contributed by atoms with van der Waals surface area (Å²) in [4.78, 5) is 105. The number of carbonyl (C=O) groups is 8. The van der Waals surface area contributed by atoms with Crippen LogP contribution >= 0.6 is 0 Å². The smallest absolute Gasteiger partial charge is 0.329 e. The molecule has 4 atom stereocenters. The second kappa shape index (κ2) is 28.2. The summed E-state index contributed by atoms with van der Waals surface area (Å²) in [5.41, 5.74) is 8.40. The zero-order chi connectivity index (χ0) is 58.3. The minimum atomic E-state index is -1.05. The summed E-state index contributed by atoms with van der Waals surface area (Å²) in [6.45, 7) is 12.6. The number of amides is 6. The van der Waals surface area contributed by atoms with Crippen LogP contribution in [0.5, 0.6) is 23.0 Å². The number of benzene rings is 5. The molecule has 2 saturated heterocycles. The second-order valence-corrected chi connectivity index (χ2v) is 20.7. The molecular formula is C64H74N4O13. The second-order valence-electron chi connectivity index (χ2n) is 20.7. The SMILES string of the molecule is CCNC(=O)COc1cccc(C(CCc2ccc(C)c(C)c2)OC(=O)[C@@H]2CCCCN2C(=O)[C@@H](CC)c2cc(C)c(OC)c(OC)c2)c1.Cc1ccc(CCC(=O)COc2cccc3c2C(=O)N(C2CCC(=O)NC2=O)C3=O)cc1. The summed E-state index contributed by atoms with van der Waals surface area (Å²) < 4.78 is 28.8. The van der Waals surface area contributed by atoms with Crippen LogP contribution in [-0.4, -0.2) is 110 Å². The van der Waals surface area contributed by atoms with Crippen LogP contribution in [-0.2, 0) is 46.3 Å². The van der Waals surface area contributed by atoms with E-state index >= 15 is 0 Å². The van der Waals surface area contributed by atoms with Gasteiger partial charge in [0.25, 0.3) is 17.7 Å². The lowest BCUT2D eigenvalue weighted by atomic mass is 9.91. The molecule has 3 aliphatic heterocycles. The molecule has 2 N–H and O–H groups in total. The summed E-state index contributed by atoms with van der Waals surface area (Å²) in [5.74, 6) is -1.84. The lowest BCUT2D eigenvalue weighted by Gasteiger charge is -2.37. The molecule has 3 heterocycles. The fourth-order valence-corrected chi connectivity index (χ4v) is 10.4. The van der Waals surface area contributed by atoms with Crippen molar-refractivity contribution in [3.8, 4) is 23.0 Å². The van der Waals surface area contributed by atoms with Crippen molar-refractivity contribution < 1.29 is 62.0 Å². The Morgan fingerprint density at radius 2 is 1.47 bits per heavy atom. The van der Waals surface area contributed by atoms with Crippen LogP contribution in [0.2, 0.25) is 0 Å². The van der Waals surface area contributed by atoms with E-state index in [-0.39, 0.29) is 67.0 Å². The topological polar surface area (TPSA) is 213 Å². The average Bonchev–Trinajstić information content (AvgIpc) is 3.84. The number of hydrogen-bond donors (Lipinski definition) is 2. The Labute approximate surface area is 474 Å². The maximum Gasteiger partial charge on any atom is 0.329 e. The van der Waals surface area contributed by atoms with Gasteiger partial charge in [0.15, 0.2) is 23.9 Å². The van der Waals surface area contributed by atoms with E-state index in [9.17, 15) is 38.4 Å². The molecule has 0 radical (unpaired) electrons. The third-order valence-corrected chi connectivity index (χ3v) is 15.0. The number of piperidine rings is 2. The largest absolute Gasteiger partial charge is 0.493 e. The normalized spacial score (nSPS) is 16.5. The maximum absolute atomic E-state index is 14.3. The van der Waals surface area contributed by atoms with E-state index in [1.807, 2.05) is 82.3 Å². The van der Waals surface area contributed by atoms with Crippen molar-refractivity contribution in [2.24, 2.45) is 0 Å². The molecule has 0 aromatic heterocycles. The number of nitrogens with one attached hydrogen (secondary N) is 2. The van der Waals surface area contributed by atoms with Crippen molar-refractivity contribution in [1.29, 1.82) is 0 Å². The number of imide groups is 2. The zero-order valence-corrected chi connectivity index (χ0v) is 47.6. The van der Waals surface area contributed by atoms with Gasteiger partial charge in [0, 0.05) is 25.9 Å². The van der Waals surface area contributed by atoms with E-state index in [1.54, 1.807) is 31.3 Å². The van der Waals surface area contributed by atoms with Crippen LogP contribution < -0.4 is 29.6 Å². The van der Waals surface area contributed by atoms with Crippen molar-refractivity contribution in [3.05, 3.63) is 153 Å². The standard InChI is InChI=1S/C40H52N2O7.C24H22N2O6/c1-8-33(31-22-28(5)38(47-7)36(24-31)46-6)39(44)42-20-11-10-15-34(42)40(45)49-35(19-18-29-17-16-26(3)27(4)21-29)30-13-12-14-32(23-30)48-25-37(43)41-9-2;1-14-5-7-15(8-6-14)9-10-16(27)13-32-19-4-2-3-17-21(19)24(31)26(23(17)30)18-11-12-20(28)25-22(18)29/h12-14,16-17,21-24,33-35H,8-11,15,18-20,25H2,1-7H3,(H,41,43);2-8,18H,9-13H2,1H3,(H,25,28,29)/t33-,34-,35?;/m0./s1. The summed E-state index contributed by atoms with van der Waals surface area (Å²) in [5, 5.41) is 4.89. The van der Waals surface area contributed by atoms with Gasteiger partial charge in [-0.2, -0.15) is 0 Å². The molecule has 81 heavy (non-hydrogen) atoms. The highest BCUT2D eigenvalue weighted by Gasteiger charge is 2.46. The molecule has 2 fully saturated rings. The van der Waals surface area contributed by atoms with E-state index in [2.05, 4.69) is 42.7 Å². The van der Waals surface area contributed by atoms with Crippen LogP contribution in [0, 0.1) is 27.7 Å². The van der Waals surface area contributed by atoms with Crippen LogP contribution in [0.4, 0.5) is 0 Å². The molecule has 0 spiro atoms. The van der Waals surface area contributed by atoms with Crippen molar-refractivity contribution in [3.63, 3.8) is 0 Å². The van der Waals surface area contributed by atoms with Crippen molar-refractivity contribution in [2.75, 3.05) is 40.5 Å². The molecule has 3 aliphatic rings. The number of ketones is 1. The average molecular weight is 1110 g/mol. The van der Waals surface area contributed by atoms with Crippen molar-refractivity contribution in [2.45, 2.75) is 130 Å². The van der Waals surface area contributed by atoms with Gasteiger partial charge in [0.05, 0.1) is 31.3 Å². The van der Waals surface area contributed by atoms with Crippen molar-refractivity contribution in [1.82, 2.24) is 20.4 Å². The number of hydrogen-bond acceptors (Lipinski definition) is 13. The first-order valence-electron chi connectivity index (χ1n) is 27.8. The summed E-state index contributed by atoms with van der Waals surface area (Å²) in [6.07, 6.45) is 4.36. The molecule has 8 rings (SSSR count). The third-order valence-electron chi connectivity index (χ3n) is 15.0. The van der Waals surface area contributed by atoms with Gasteiger partial charge in [-0.05, 0) is 155 Å². The van der Waals surface area contributed by atoms with E-state index in [0.717, 1.165) is 51.1 Å². The Morgan fingerprint density at radius 1 is 0.716 bits per heavy atom. The first kappa shape index (κ1) is 60.3. The van der Waals surface area contributed by atoms with Gasteiger partial charge < -0.3 is 33.9 Å². The summed E-state index contributed by atoms with van der Waals surface area (Å²) >= 11 is 0. The van der Waals surface area contributed by atoms with Gasteiger partial charge in [-0.1, -0.05) is 79.2 Å². The minimum absolute atomic E-state index is 0.0357. The molecule has 17 heteroatoms. The predicted octanol–water partition coefficient (Wildman–Crippen LogP) is 8.91. The summed E-state index contributed by atoms with van der Waals surface area (Å²) in [6, 6.07) is 28.3. The van der Waals surface area contributed by atoms with E-state index in [4.69, 9.17) is 23.7 Å². The molecule has 0 aliphatic carbocycles. The number of nitrogens with zero attached hydrogens (tertiary/aromatic N) is 2. The Bertz CT molecular complexity index is 3140. The number of aryl methyl sites for hydroxylation is 6. The third kappa shape index (κ3) is 15.1. The fourth-order valence-electron chi connectivity index (χ4n) is 10.4. The monoisotopic (exact) mass is 1110 g/mol. The molecule has 0 saturated carbocycles. The molecule has 5 aromatic carbocycles. The van der Waals surface area contributed by atoms with Gasteiger partial charge in [-0.25, -0.2) is 4.79 Å². The Balaban J connectivity index is 0.000000254. The van der Waals surface area contributed by atoms with Crippen molar-refractivity contribution >= 4 is 47.2 Å². The molecule has 6 amide bonds. The van der Waals surface area contributed by atoms with Crippen LogP contribution in [0.3, 0.4) is 0 Å². The number of carbonyl (C=O) groups excluding carboxylic acids is 8. The lowest BCUT2D eigenvalue weighted by molar-refractivity contribution is -0.162. The summed E-state index contributed by atoms with van der Waals surface area (Å²) in [7, 11) is 3.18. The number of fused-ring (bicyclic) bond motifs is 1. The van der Waals surface area contributed by atoms with E-state index < -0.39 is 53.7 Å². The Kier molecular flexibility index (Phi) is 21.0. The number of esters is 1. The molecule has 428 valence electrons. The quantitative estimate of drug-likeness (QED) is 0.0490. The molecule has 0 bridgehead atoms. The molecular weight excluding hydrogens is 1030 g/mol. The number of methoxy groups -OCH3 is 2. The number of likely N-dealkylation sites (N-methyl/N-ethyl adjacent to an activating group) is 1. The number of ether oxygens (including phenoxy) is 5. The predicted molar refractivity (Wildman–Crippen MR) is 303 cm³/mol. The fraction of sp³-hybridized carbons (Fsp3) is 0.406. The highest BCUT2D eigenvalue weighted by molar-refractivity contribution is 6.24. The van der Waals surface area contributed by atoms with Crippen LogP contribution in [0.15, 0.2) is 97.1 Å². The first-order valence-corrected chi connectivity index (χ1v) is 27.8. The zero-order valence-electron chi connectivity index (χ0n) is 47.6. The van der Waals surface area contributed by atoms with Gasteiger partial charge in [-0.3, -0.25) is 43.8 Å². The van der Waals surface area contributed by atoms with E-state index in [1.165, 1.54) is 23.3 Å². The molecule has 5 aromatic rings. The molecule has 2 unspecified atom stereocenters. The van der Waals surface area contributed by atoms with Crippen LogP contribution in [0.1, 0.15) is 142 Å². The molecule has 17 nitrogen and oxygen atoms in total. The maximum atomic E-state index is 14.3. The minimum Gasteiger partial charge on any atom is -0.493 e. The van der Waals surface area contributed by atoms with E-state index in [0.29, 0.717) is 62.4 Å². The van der Waals surface area contributed by atoms with Crippen LogP contribution in [0.25, 0.3) is 0 Å². The first-order chi connectivity index (χ1) is 38.9.